The zero-order chi connectivity index (χ0) is 13.2. The van der Waals surface area contributed by atoms with Gasteiger partial charge in [0.05, 0.1) is 6.61 Å². The second-order valence-corrected chi connectivity index (χ2v) is 4.26. The lowest BCUT2D eigenvalue weighted by molar-refractivity contribution is 0.0973. The molecule has 1 aromatic rings. The molecule has 0 aliphatic heterocycles. The fourth-order valence-corrected chi connectivity index (χ4v) is 1.60. The van der Waals surface area contributed by atoms with Crippen LogP contribution in [0.1, 0.15) is 45.1 Å². The zero-order valence-electron chi connectivity index (χ0n) is 11.3. The highest BCUT2D eigenvalue weighted by molar-refractivity contribution is 5.63. The van der Waals surface area contributed by atoms with Crippen molar-refractivity contribution in [3.8, 4) is 5.75 Å². The first kappa shape index (κ1) is 14.6. The first-order valence-corrected chi connectivity index (χ1v) is 6.69. The Labute approximate surface area is 109 Å². The predicted octanol–water partition coefficient (Wildman–Crippen LogP) is 4.34. The van der Waals surface area contributed by atoms with Gasteiger partial charge in [-0.15, -0.1) is 0 Å². The molecule has 0 aromatic heterocycles. The van der Waals surface area contributed by atoms with Crippen LogP contribution in [0.2, 0.25) is 0 Å². The second kappa shape index (κ2) is 8.56. The molecule has 0 atom stereocenters. The summed E-state index contributed by atoms with van der Waals surface area (Å²) in [6.45, 7) is 4.67. The molecule has 0 saturated carbocycles. The highest BCUT2D eigenvalue weighted by Gasteiger charge is 2.05. The van der Waals surface area contributed by atoms with Gasteiger partial charge < -0.3 is 9.47 Å². The highest BCUT2D eigenvalue weighted by atomic mass is 16.7. The number of hydrogen-bond acceptors (Lipinski definition) is 3. The summed E-state index contributed by atoms with van der Waals surface area (Å²) in [4.78, 5) is 11.4. The number of unbranched alkanes of at least 4 members (excludes halogenated alkanes) is 3. The lowest BCUT2D eigenvalue weighted by atomic mass is 10.2. The lowest BCUT2D eigenvalue weighted by Gasteiger charge is -2.06. The van der Waals surface area contributed by atoms with Gasteiger partial charge in [-0.25, -0.2) is 4.79 Å². The number of benzene rings is 1. The first-order chi connectivity index (χ1) is 8.76. The Morgan fingerprint density at radius 3 is 2.39 bits per heavy atom. The monoisotopic (exact) mass is 250 g/mol. The van der Waals surface area contributed by atoms with Crippen LogP contribution in [-0.4, -0.2) is 12.8 Å². The SMILES string of the molecule is CCCCCCOC(=O)Oc1ccc(CC)cc1. The van der Waals surface area contributed by atoms with Gasteiger partial charge in [0, 0.05) is 0 Å². The molecule has 0 radical (unpaired) electrons. The van der Waals surface area contributed by atoms with Gasteiger partial charge in [-0.05, 0) is 30.5 Å². The molecule has 0 aliphatic rings. The van der Waals surface area contributed by atoms with Gasteiger partial charge in [-0.2, -0.15) is 0 Å². The molecule has 100 valence electrons. The third-order valence-electron chi connectivity index (χ3n) is 2.75. The van der Waals surface area contributed by atoms with Gasteiger partial charge in [-0.3, -0.25) is 0 Å². The molecule has 1 rings (SSSR count). The maximum atomic E-state index is 11.4. The molecule has 0 spiro atoms. The summed E-state index contributed by atoms with van der Waals surface area (Å²) < 4.78 is 10.0. The topological polar surface area (TPSA) is 35.5 Å². The molecule has 0 bridgehead atoms. The van der Waals surface area contributed by atoms with E-state index in [4.69, 9.17) is 9.47 Å². The summed E-state index contributed by atoms with van der Waals surface area (Å²) in [5, 5.41) is 0. The summed E-state index contributed by atoms with van der Waals surface area (Å²) in [6, 6.07) is 7.47. The molecule has 0 unspecified atom stereocenters. The Kier molecular flexibility index (Phi) is 6.92. The maximum Gasteiger partial charge on any atom is 0.513 e. The van der Waals surface area contributed by atoms with Gasteiger partial charge in [-0.1, -0.05) is 45.2 Å². The van der Waals surface area contributed by atoms with Gasteiger partial charge in [0.15, 0.2) is 0 Å². The molecule has 0 amide bonds. The van der Waals surface area contributed by atoms with E-state index < -0.39 is 6.16 Å². The number of carbonyl (C=O) groups is 1. The maximum absolute atomic E-state index is 11.4. The van der Waals surface area contributed by atoms with Crippen molar-refractivity contribution >= 4 is 6.16 Å². The third-order valence-corrected chi connectivity index (χ3v) is 2.75. The van der Waals surface area contributed by atoms with Crippen LogP contribution in [0.3, 0.4) is 0 Å². The van der Waals surface area contributed by atoms with E-state index in [0.29, 0.717) is 12.4 Å². The molecule has 0 N–H and O–H groups in total. The highest BCUT2D eigenvalue weighted by Crippen LogP contribution is 2.13. The summed E-state index contributed by atoms with van der Waals surface area (Å²) in [6.07, 6.45) is 4.70. The Balaban J connectivity index is 2.22. The van der Waals surface area contributed by atoms with Gasteiger partial charge in [0.1, 0.15) is 5.75 Å². The Bertz CT molecular complexity index is 343. The van der Waals surface area contributed by atoms with Crippen LogP contribution in [0.15, 0.2) is 24.3 Å². The van der Waals surface area contributed by atoms with E-state index >= 15 is 0 Å². The number of aryl methyl sites for hydroxylation is 1. The molecule has 0 heterocycles. The van der Waals surface area contributed by atoms with E-state index in [-0.39, 0.29) is 0 Å². The van der Waals surface area contributed by atoms with Crippen LogP contribution < -0.4 is 4.74 Å². The number of ether oxygens (including phenoxy) is 2. The van der Waals surface area contributed by atoms with Crippen LogP contribution in [0.5, 0.6) is 5.75 Å². The van der Waals surface area contributed by atoms with E-state index in [1.54, 1.807) is 12.1 Å². The number of rotatable bonds is 7. The minimum absolute atomic E-state index is 0.436. The minimum atomic E-state index is -0.615. The normalized spacial score (nSPS) is 10.1. The van der Waals surface area contributed by atoms with Gasteiger partial charge in [0.25, 0.3) is 0 Å². The standard InChI is InChI=1S/C15H22O3/c1-3-5-6-7-12-17-15(16)18-14-10-8-13(4-2)9-11-14/h8-11H,3-7,12H2,1-2H3. The van der Waals surface area contributed by atoms with Crippen molar-refractivity contribution in [2.75, 3.05) is 6.61 Å². The summed E-state index contributed by atoms with van der Waals surface area (Å²) in [7, 11) is 0. The average Bonchev–Trinajstić information content (AvgIpc) is 2.39. The smallest absolute Gasteiger partial charge is 0.434 e. The van der Waals surface area contributed by atoms with Crippen molar-refractivity contribution in [2.45, 2.75) is 46.0 Å². The Morgan fingerprint density at radius 1 is 1.06 bits per heavy atom. The minimum Gasteiger partial charge on any atom is -0.434 e. The van der Waals surface area contributed by atoms with E-state index in [0.717, 1.165) is 19.3 Å². The fourth-order valence-electron chi connectivity index (χ4n) is 1.60. The molecule has 0 fully saturated rings. The van der Waals surface area contributed by atoms with Crippen LogP contribution in [0.25, 0.3) is 0 Å². The number of hydrogen-bond donors (Lipinski definition) is 0. The quantitative estimate of drug-likeness (QED) is 0.410. The van der Waals surface area contributed by atoms with E-state index in [1.165, 1.54) is 18.4 Å². The van der Waals surface area contributed by atoms with Crippen LogP contribution in [-0.2, 0) is 11.2 Å². The largest absolute Gasteiger partial charge is 0.513 e. The third kappa shape index (κ3) is 5.71. The molecule has 3 nitrogen and oxygen atoms in total. The van der Waals surface area contributed by atoms with Crippen molar-refractivity contribution in [3.05, 3.63) is 29.8 Å². The average molecular weight is 250 g/mol. The predicted molar refractivity (Wildman–Crippen MR) is 71.9 cm³/mol. The molecular weight excluding hydrogens is 228 g/mol. The molecule has 18 heavy (non-hydrogen) atoms. The van der Waals surface area contributed by atoms with Crippen molar-refractivity contribution < 1.29 is 14.3 Å². The van der Waals surface area contributed by atoms with E-state index in [2.05, 4.69) is 13.8 Å². The summed E-state index contributed by atoms with van der Waals surface area (Å²) in [5.41, 5.74) is 1.22. The molecule has 1 aromatic carbocycles. The Morgan fingerprint density at radius 2 is 1.78 bits per heavy atom. The molecule has 0 aliphatic carbocycles. The first-order valence-electron chi connectivity index (χ1n) is 6.69. The molecule has 3 heteroatoms. The fraction of sp³-hybridized carbons (Fsp3) is 0.533. The summed E-state index contributed by atoms with van der Waals surface area (Å²) in [5.74, 6) is 0.533. The van der Waals surface area contributed by atoms with Crippen LogP contribution in [0, 0.1) is 0 Å². The van der Waals surface area contributed by atoms with Crippen molar-refractivity contribution in [1.82, 2.24) is 0 Å². The van der Waals surface area contributed by atoms with Crippen molar-refractivity contribution in [1.29, 1.82) is 0 Å². The molecular formula is C15H22O3. The Hall–Kier alpha value is -1.51. The summed E-state index contributed by atoms with van der Waals surface area (Å²) >= 11 is 0. The molecule has 0 saturated heterocycles. The van der Waals surface area contributed by atoms with Crippen molar-refractivity contribution in [3.63, 3.8) is 0 Å². The van der Waals surface area contributed by atoms with Crippen LogP contribution in [0.4, 0.5) is 4.79 Å². The van der Waals surface area contributed by atoms with E-state index in [9.17, 15) is 4.79 Å². The van der Waals surface area contributed by atoms with E-state index in [1.807, 2.05) is 12.1 Å². The lowest BCUT2D eigenvalue weighted by Crippen LogP contribution is -2.11. The van der Waals surface area contributed by atoms with Crippen molar-refractivity contribution in [2.24, 2.45) is 0 Å². The van der Waals surface area contributed by atoms with Crippen LogP contribution >= 0.6 is 0 Å². The van der Waals surface area contributed by atoms with Gasteiger partial charge >= 0.3 is 6.16 Å². The number of carbonyl (C=O) groups excluding carboxylic acids is 1. The zero-order valence-corrected chi connectivity index (χ0v) is 11.3. The van der Waals surface area contributed by atoms with Gasteiger partial charge in [0.2, 0.25) is 0 Å². The second-order valence-electron chi connectivity index (χ2n) is 4.26.